The Bertz CT molecular complexity index is 466. The monoisotopic (exact) mass is 264 g/mol. The third-order valence-electron chi connectivity index (χ3n) is 2.84. The lowest BCUT2D eigenvalue weighted by atomic mass is 10.2. The predicted octanol–water partition coefficient (Wildman–Crippen LogP) is 0.645. The van der Waals surface area contributed by atoms with Crippen molar-refractivity contribution < 1.29 is 14.7 Å². The Morgan fingerprint density at radius 1 is 1.32 bits per heavy atom. The zero-order valence-corrected chi connectivity index (χ0v) is 10.4. The van der Waals surface area contributed by atoms with E-state index in [9.17, 15) is 4.79 Å². The molecule has 1 aliphatic rings. The molecule has 0 saturated carbocycles. The van der Waals surface area contributed by atoms with Gasteiger partial charge in [-0.3, -0.25) is 0 Å². The summed E-state index contributed by atoms with van der Waals surface area (Å²) in [5, 5.41) is 14.2. The zero-order chi connectivity index (χ0) is 13.7. The second kappa shape index (κ2) is 6.05. The van der Waals surface area contributed by atoms with E-state index in [4.69, 9.17) is 15.7 Å². The van der Waals surface area contributed by atoms with Crippen molar-refractivity contribution in [1.82, 2.24) is 4.90 Å². The van der Waals surface area contributed by atoms with E-state index in [-0.39, 0.29) is 11.9 Å². The Labute approximate surface area is 110 Å². The highest BCUT2D eigenvalue weighted by Crippen LogP contribution is 2.11. The molecule has 7 nitrogen and oxygen atoms in total. The first-order chi connectivity index (χ1) is 9.20. The van der Waals surface area contributed by atoms with Gasteiger partial charge in [0.1, 0.15) is 0 Å². The molecule has 0 radical (unpaired) electrons. The second-order valence-electron chi connectivity index (χ2n) is 4.09. The number of anilines is 1. The van der Waals surface area contributed by atoms with Crippen LogP contribution in [0.3, 0.4) is 0 Å². The highest BCUT2D eigenvalue weighted by atomic mass is 16.5. The summed E-state index contributed by atoms with van der Waals surface area (Å²) < 4.78 is 5.18. The average Bonchev–Trinajstić information content (AvgIpc) is 2.48. The number of carbonyl (C=O) groups excluding carboxylic acids is 1. The van der Waals surface area contributed by atoms with Crippen molar-refractivity contribution in [2.24, 2.45) is 10.9 Å². The number of nitrogens with two attached hydrogens (primary N) is 1. The molecule has 2 rings (SSSR count). The van der Waals surface area contributed by atoms with E-state index in [0.717, 1.165) is 0 Å². The fraction of sp³-hybridized carbons (Fsp3) is 0.333. The molecule has 1 heterocycles. The minimum atomic E-state index is -0.153. The summed E-state index contributed by atoms with van der Waals surface area (Å²) in [5.74, 6) is 0.0334. The smallest absolute Gasteiger partial charge is 0.321 e. The second-order valence-corrected chi connectivity index (χ2v) is 4.09. The summed E-state index contributed by atoms with van der Waals surface area (Å²) in [6, 6.07) is 6.59. The molecule has 0 atom stereocenters. The van der Waals surface area contributed by atoms with Gasteiger partial charge in [-0.05, 0) is 24.3 Å². The molecule has 1 aromatic carbocycles. The molecular weight excluding hydrogens is 248 g/mol. The summed E-state index contributed by atoms with van der Waals surface area (Å²) in [5.41, 5.74) is 6.70. The molecule has 2 amide bonds. The van der Waals surface area contributed by atoms with Crippen LogP contribution in [0.2, 0.25) is 0 Å². The number of carbonyl (C=O) groups is 1. The quantitative estimate of drug-likeness (QED) is 0.316. The van der Waals surface area contributed by atoms with Crippen LogP contribution in [0.4, 0.5) is 10.5 Å². The van der Waals surface area contributed by atoms with Crippen molar-refractivity contribution in [2.45, 2.75) is 0 Å². The van der Waals surface area contributed by atoms with Crippen LogP contribution in [0.15, 0.2) is 29.4 Å². The van der Waals surface area contributed by atoms with Crippen molar-refractivity contribution >= 4 is 17.6 Å². The number of oxime groups is 1. The lowest BCUT2D eigenvalue weighted by Crippen LogP contribution is -2.43. The zero-order valence-electron chi connectivity index (χ0n) is 10.4. The van der Waals surface area contributed by atoms with Crippen molar-refractivity contribution in [3.63, 3.8) is 0 Å². The maximum Gasteiger partial charge on any atom is 0.321 e. The van der Waals surface area contributed by atoms with Crippen LogP contribution in [0, 0.1) is 0 Å². The van der Waals surface area contributed by atoms with Gasteiger partial charge in [0, 0.05) is 24.3 Å². The molecule has 1 saturated heterocycles. The SMILES string of the molecule is NC(=NO)c1ccc(NC(=O)N2CCOCC2)cc1. The fourth-order valence-corrected chi connectivity index (χ4v) is 1.75. The summed E-state index contributed by atoms with van der Waals surface area (Å²) in [7, 11) is 0. The Balaban J connectivity index is 1.97. The van der Waals surface area contributed by atoms with Crippen LogP contribution in [0.5, 0.6) is 0 Å². The van der Waals surface area contributed by atoms with Gasteiger partial charge < -0.3 is 25.9 Å². The fourth-order valence-electron chi connectivity index (χ4n) is 1.75. The molecule has 7 heteroatoms. The maximum absolute atomic E-state index is 11.9. The van der Waals surface area contributed by atoms with Crippen molar-refractivity contribution in [2.75, 3.05) is 31.6 Å². The number of amides is 2. The molecule has 19 heavy (non-hydrogen) atoms. The van der Waals surface area contributed by atoms with Gasteiger partial charge in [0.05, 0.1) is 13.2 Å². The number of urea groups is 1. The van der Waals surface area contributed by atoms with Crippen molar-refractivity contribution in [1.29, 1.82) is 0 Å². The predicted molar refractivity (Wildman–Crippen MR) is 70.4 cm³/mol. The van der Waals surface area contributed by atoms with E-state index in [0.29, 0.717) is 37.6 Å². The molecule has 0 bridgehead atoms. The van der Waals surface area contributed by atoms with Gasteiger partial charge in [-0.25, -0.2) is 4.79 Å². The average molecular weight is 264 g/mol. The first kappa shape index (κ1) is 13.2. The van der Waals surface area contributed by atoms with Gasteiger partial charge in [0.25, 0.3) is 0 Å². The standard InChI is InChI=1S/C12H16N4O3/c13-11(15-18)9-1-3-10(4-2-9)14-12(17)16-5-7-19-8-6-16/h1-4,18H,5-8H2,(H2,13,15)(H,14,17). The van der Waals surface area contributed by atoms with E-state index in [2.05, 4.69) is 10.5 Å². The molecule has 1 aliphatic heterocycles. The normalized spacial score (nSPS) is 16.2. The van der Waals surface area contributed by atoms with Crippen molar-refractivity contribution in [3.05, 3.63) is 29.8 Å². The highest BCUT2D eigenvalue weighted by molar-refractivity contribution is 5.97. The van der Waals surface area contributed by atoms with Gasteiger partial charge in [0.2, 0.25) is 0 Å². The molecule has 0 aliphatic carbocycles. The van der Waals surface area contributed by atoms with Crippen molar-refractivity contribution in [3.8, 4) is 0 Å². The van der Waals surface area contributed by atoms with Gasteiger partial charge >= 0.3 is 6.03 Å². The summed E-state index contributed by atoms with van der Waals surface area (Å²) in [6.45, 7) is 2.31. The lowest BCUT2D eigenvalue weighted by molar-refractivity contribution is 0.0564. The molecule has 0 aromatic heterocycles. The minimum Gasteiger partial charge on any atom is -0.409 e. The lowest BCUT2D eigenvalue weighted by Gasteiger charge is -2.26. The molecule has 4 N–H and O–H groups in total. The van der Waals surface area contributed by atoms with Gasteiger partial charge in [-0.15, -0.1) is 0 Å². The number of morpholine rings is 1. The van der Waals surface area contributed by atoms with Crippen LogP contribution in [-0.2, 0) is 4.74 Å². The number of rotatable bonds is 2. The molecule has 0 unspecified atom stereocenters. The van der Waals surface area contributed by atoms with Gasteiger partial charge in [-0.2, -0.15) is 0 Å². The molecule has 1 aromatic rings. The Morgan fingerprint density at radius 2 is 1.95 bits per heavy atom. The largest absolute Gasteiger partial charge is 0.409 e. The highest BCUT2D eigenvalue weighted by Gasteiger charge is 2.16. The van der Waals surface area contributed by atoms with Gasteiger partial charge in [0.15, 0.2) is 5.84 Å². The van der Waals surface area contributed by atoms with Crippen LogP contribution in [0.1, 0.15) is 5.56 Å². The van der Waals surface area contributed by atoms with E-state index in [1.54, 1.807) is 29.2 Å². The van der Waals surface area contributed by atoms with E-state index in [1.807, 2.05) is 0 Å². The first-order valence-corrected chi connectivity index (χ1v) is 5.92. The Hall–Kier alpha value is -2.28. The van der Waals surface area contributed by atoms with E-state index >= 15 is 0 Å². The number of nitrogens with zero attached hydrogens (tertiary/aromatic N) is 2. The summed E-state index contributed by atoms with van der Waals surface area (Å²) in [4.78, 5) is 13.6. The molecule has 102 valence electrons. The van der Waals surface area contributed by atoms with Crippen LogP contribution < -0.4 is 11.1 Å². The number of ether oxygens (including phenoxy) is 1. The third kappa shape index (κ3) is 3.35. The summed E-state index contributed by atoms with van der Waals surface area (Å²) in [6.07, 6.45) is 0. The van der Waals surface area contributed by atoms with Crippen LogP contribution in [-0.4, -0.2) is 48.3 Å². The molecular formula is C12H16N4O3. The number of amidine groups is 1. The molecule has 0 spiro atoms. The maximum atomic E-state index is 11.9. The molecule has 1 fully saturated rings. The third-order valence-corrected chi connectivity index (χ3v) is 2.84. The van der Waals surface area contributed by atoms with Gasteiger partial charge in [-0.1, -0.05) is 5.16 Å². The van der Waals surface area contributed by atoms with E-state index < -0.39 is 0 Å². The van der Waals surface area contributed by atoms with Crippen LogP contribution in [0.25, 0.3) is 0 Å². The topological polar surface area (TPSA) is 100 Å². The minimum absolute atomic E-state index is 0.0334. The Morgan fingerprint density at radius 3 is 2.53 bits per heavy atom. The first-order valence-electron chi connectivity index (χ1n) is 5.92. The van der Waals surface area contributed by atoms with Crippen LogP contribution >= 0.6 is 0 Å². The number of hydrogen-bond acceptors (Lipinski definition) is 4. The summed E-state index contributed by atoms with van der Waals surface area (Å²) >= 11 is 0. The number of benzene rings is 1. The number of hydrogen-bond donors (Lipinski definition) is 3. The Kier molecular flexibility index (Phi) is 4.19. The number of nitrogens with one attached hydrogen (secondary N) is 1. The van der Waals surface area contributed by atoms with E-state index in [1.165, 1.54) is 0 Å².